The van der Waals surface area contributed by atoms with Crippen LogP contribution in [0.4, 0.5) is 4.79 Å². The van der Waals surface area contributed by atoms with Crippen LogP contribution >= 0.6 is 27.3 Å². The second-order valence-corrected chi connectivity index (χ2v) is 7.22. The lowest BCUT2D eigenvalue weighted by Crippen LogP contribution is -2.63. The highest BCUT2D eigenvalue weighted by molar-refractivity contribution is 9.10. The number of aromatic nitrogens is 1. The Morgan fingerprint density at radius 1 is 1.32 bits per heavy atom. The number of nitrogens with zero attached hydrogens (tertiary/aromatic N) is 2. The first-order chi connectivity index (χ1) is 12.0. The van der Waals surface area contributed by atoms with Gasteiger partial charge in [-0.15, -0.1) is 11.3 Å². The van der Waals surface area contributed by atoms with Crippen molar-refractivity contribution in [2.75, 3.05) is 19.7 Å². The van der Waals surface area contributed by atoms with E-state index in [2.05, 4.69) is 20.9 Å². The van der Waals surface area contributed by atoms with Gasteiger partial charge in [-0.2, -0.15) is 0 Å². The van der Waals surface area contributed by atoms with E-state index in [0.29, 0.717) is 9.61 Å². The molecule has 0 spiro atoms. The highest BCUT2D eigenvalue weighted by Gasteiger charge is 2.51. The van der Waals surface area contributed by atoms with Crippen molar-refractivity contribution in [1.82, 2.24) is 9.88 Å². The van der Waals surface area contributed by atoms with Gasteiger partial charge in [-0.1, -0.05) is 30.3 Å². The van der Waals surface area contributed by atoms with Crippen LogP contribution in [0.1, 0.15) is 10.6 Å². The number of rotatable bonds is 6. The largest absolute Gasteiger partial charge is 0.480 e. The lowest BCUT2D eigenvalue weighted by Gasteiger charge is -2.47. The summed E-state index contributed by atoms with van der Waals surface area (Å²) in [6.45, 7) is 0.133. The fourth-order valence-corrected chi connectivity index (χ4v) is 3.85. The topological polar surface area (TPSA) is 89.0 Å². The van der Waals surface area contributed by atoms with Crippen molar-refractivity contribution in [3.8, 4) is 0 Å². The molecule has 9 heteroatoms. The molecule has 1 aromatic carbocycles. The number of carbonyl (C=O) groups is 2. The zero-order valence-electron chi connectivity index (χ0n) is 13.1. The third-order valence-electron chi connectivity index (χ3n) is 3.69. The van der Waals surface area contributed by atoms with Crippen LogP contribution in [-0.2, 0) is 26.5 Å². The highest BCUT2D eigenvalue weighted by atomic mass is 79.9. The predicted octanol–water partition coefficient (Wildman–Crippen LogP) is 2.85. The number of benzene rings is 1. The summed E-state index contributed by atoms with van der Waals surface area (Å²) in [5, 5.41) is 11.3. The van der Waals surface area contributed by atoms with Crippen LogP contribution in [0.5, 0.6) is 0 Å². The normalized spacial score (nSPS) is 15.5. The van der Waals surface area contributed by atoms with E-state index in [0.717, 1.165) is 5.56 Å². The first-order valence-corrected chi connectivity index (χ1v) is 9.09. The van der Waals surface area contributed by atoms with E-state index in [-0.39, 0.29) is 19.7 Å². The molecule has 1 aliphatic rings. The number of aliphatic carboxylic acids is 1. The van der Waals surface area contributed by atoms with E-state index in [1.54, 1.807) is 5.38 Å². The molecule has 2 aromatic rings. The average Bonchev–Trinajstić information content (AvgIpc) is 2.99. The van der Waals surface area contributed by atoms with E-state index in [1.165, 1.54) is 16.2 Å². The van der Waals surface area contributed by atoms with Gasteiger partial charge in [-0.25, -0.2) is 14.6 Å². The molecule has 0 saturated carbocycles. The molecule has 0 radical (unpaired) electrons. The number of carboxylic acids is 1. The number of carboxylic acid groups (broad SMARTS) is 1. The van der Waals surface area contributed by atoms with E-state index in [9.17, 15) is 9.59 Å². The summed E-state index contributed by atoms with van der Waals surface area (Å²) in [5.74, 6) is -1.07. The molecule has 0 aliphatic carbocycles. The van der Waals surface area contributed by atoms with Crippen molar-refractivity contribution in [2.45, 2.75) is 12.2 Å². The van der Waals surface area contributed by atoms with Crippen LogP contribution in [0.25, 0.3) is 0 Å². The molecule has 7 nitrogen and oxygen atoms in total. The van der Waals surface area contributed by atoms with Crippen LogP contribution in [-0.4, -0.2) is 46.7 Å². The van der Waals surface area contributed by atoms with Gasteiger partial charge < -0.3 is 19.5 Å². The second-order valence-electron chi connectivity index (χ2n) is 5.55. The average molecular weight is 427 g/mol. The molecule has 0 unspecified atom stereocenters. The van der Waals surface area contributed by atoms with Crippen molar-refractivity contribution >= 4 is 39.3 Å². The van der Waals surface area contributed by atoms with E-state index < -0.39 is 24.3 Å². The lowest BCUT2D eigenvalue weighted by molar-refractivity contribution is -0.168. The maximum absolute atomic E-state index is 12.2. The fourth-order valence-electron chi connectivity index (χ4n) is 2.46. The van der Waals surface area contributed by atoms with Crippen molar-refractivity contribution in [3.63, 3.8) is 0 Å². The van der Waals surface area contributed by atoms with Crippen molar-refractivity contribution in [3.05, 3.63) is 50.9 Å². The van der Waals surface area contributed by atoms with Crippen molar-refractivity contribution < 1.29 is 24.2 Å². The summed E-state index contributed by atoms with van der Waals surface area (Å²) >= 11 is 4.63. The van der Waals surface area contributed by atoms with E-state index in [4.69, 9.17) is 14.6 Å². The molecule has 1 amide bonds. The van der Waals surface area contributed by atoms with E-state index >= 15 is 0 Å². The van der Waals surface area contributed by atoms with Gasteiger partial charge in [0.25, 0.3) is 0 Å². The number of amides is 1. The minimum atomic E-state index is -1.07. The molecule has 1 N–H and O–H groups in total. The fraction of sp³-hybridized carbons (Fsp3) is 0.312. The minimum Gasteiger partial charge on any atom is -0.480 e. The van der Waals surface area contributed by atoms with Gasteiger partial charge in [0.2, 0.25) is 0 Å². The van der Waals surface area contributed by atoms with Crippen LogP contribution in [0.3, 0.4) is 0 Å². The summed E-state index contributed by atoms with van der Waals surface area (Å²) in [5.41, 5.74) is -0.00507. The standard InChI is InChI=1S/C16H15BrN2O5S/c17-12-8-25-14(18-12)16(24-7-13(20)21)9-19(10-16)15(22)23-6-11-4-2-1-3-5-11/h1-5,8H,6-7,9-10H2,(H,20,21). The number of hydrogen-bond acceptors (Lipinski definition) is 6. The number of halogens is 1. The Hall–Kier alpha value is -1.97. The minimum absolute atomic E-state index is 0.182. The second kappa shape index (κ2) is 7.51. The quantitative estimate of drug-likeness (QED) is 0.763. The van der Waals surface area contributed by atoms with E-state index in [1.807, 2.05) is 30.3 Å². The van der Waals surface area contributed by atoms with Gasteiger partial charge in [0.1, 0.15) is 22.8 Å². The molecule has 3 rings (SSSR count). The lowest BCUT2D eigenvalue weighted by atomic mass is 9.95. The molecular weight excluding hydrogens is 412 g/mol. The van der Waals surface area contributed by atoms with Gasteiger partial charge in [0.05, 0.1) is 13.1 Å². The van der Waals surface area contributed by atoms with Gasteiger partial charge in [-0.05, 0) is 21.5 Å². The van der Waals surface area contributed by atoms with Crippen molar-refractivity contribution in [2.24, 2.45) is 0 Å². The zero-order valence-corrected chi connectivity index (χ0v) is 15.5. The maximum atomic E-state index is 12.2. The molecule has 1 fully saturated rings. The van der Waals surface area contributed by atoms with Crippen LogP contribution in [0, 0.1) is 0 Å². The van der Waals surface area contributed by atoms with Crippen LogP contribution in [0.15, 0.2) is 40.3 Å². The molecule has 1 aromatic heterocycles. The Morgan fingerprint density at radius 3 is 2.64 bits per heavy atom. The Kier molecular flexibility index (Phi) is 5.36. The number of likely N-dealkylation sites (tertiary alicyclic amines) is 1. The Labute approximate surface area is 156 Å². The van der Waals surface area contributed by atoms with Gasteiger partial charge >= 0.3 is 12.1 Å². The summed E-state index contributed by atoms with van der Waals surface area (Å²) in [4.78, 5) is 28.8. The Bertz CT molecular complexity index is 761. The predicted molar refractivity (Wildman–Crippen MR) is 93.3 cm³/mol. The summed E-state index contributed by atoms with van der Waals surface area (Å²) < 4.78 is 11.5. The smallest absolute Gasteiger partial charge is 0.410 e. The molecule has 2 heterocycles. The number of ether oxygens (including phenoxy) is 2. The summed E-state index contributed by atoms with van der Waals surface area (Å²) in [6, 6.07) is 9.38. The molecule has 25 heavy (non-hydrogen) atoms. The molecule has 0 bridgehead atoms. The maximum Gasteiger partial charge on any atom is 0.410 e. The molecule has 132 valence electrons. The first-order valence-electron chi connectivity index (χ1n) is 7.41. The van der Waals surface area contributed by atoms with Gasteiger partial charge in [0.15, 0.2) is 5.60 Å². The molecule has 1 saturated heterocycles. The van der Waals surface area contributed by atoms with Crippen LogP contribution in [0.2, 0.25) is 0 Å². The van der Waals surface area contributed by atoms with Crippen molar-refractivity contribution in [1.29, 1.82) is 0 Å². The Morgan fingerprint density at radius 2 is 2.04 bits per heavy atom. The third kappa shape index (κ3) is 4.17. The van der Waals surface area contributed by atoms with Gasteiger partial charge in [0, 0.05) is 5.38 Å². The summed E-state index contributed by atoms with van der Waals surface area (Å²) in [7, 11) is 0. The monoisotopic (exact) mass is 426 g/mol. The third-order valence-corrected chi connectivity index (χ3v) is 5.43. The van der Waals surface area contributed by atoms with Crippen LogP contribution < -0.4 is 0 Å². The van der Waals surface area contributed by atoms with Gasteiger partial charge in [-0.3, -0.25) is 0 Å². The first kappa shape index (κ1) is 17.8. The zero-order chi connectivity index (χ0) is 17.9. The SMILES string of the molecule is O=C(O)COC1(c2nc(Br)cs2)CN(C(=O)OCc2ccccc2)C1. The number of carbonyl (C=O) groups excluding carboxylic acids is 1. The molecule has 0 atom stereocenters. The Balaban J connectivity index is 1.61. The number of hydrogen-bond donors (Lipinski definition) is 1. The highest BCUT2D eigenvalue weighted by Crippen LogP contribution is 2.38. The summed E-state index contributed by atoms with van der Waals surface area (Å²) in [6.07, 6.45) is -0.464. The number of thiazole rings is 1. The molecule has 1 aliphatic heterocycles. The molecular formula is C16H15BrN2O5S.